The van der Waals surface area contributed by atoms with Gasteiger partial charge in [0, 0.05) is 51.4 Å². The van der Waals surface area contributed by atoms with Crippen LogP contribution >= 0.6 is 0 Å². The minimum absolute atomic E-state index is 0.0696. The molecule has 1 aliphatic heterocycles. The van der Waals surface area contributed by atoms with Gasteiger partial charge >= 0.3 is 0 Å². The summed E-state index contributed by atoms with van der Waals surface area (Å²) in [6.45, 7) is 4.50. The highest BCUT2D eigenvalue weighted by atomic mass is 16.2. The monoisotopic (exact) mass is 318 g/mol. The summed E-state index contributed by atoms with van der Waals surface area (Å²) in [7, 11) is 1.56. The normalized spacial score (nSPS) is 15.1. The van der Waals surface area contributed by atoms with Crippen molar-refractivity contribution in [2.24, 2.45) is 0 Å². The van der Waals surface area contributed by atoms with Crippen molar-refractivity contribution in [3.8, 4) is 0 Å². The molecule has 7 heteroatoms. The van der Waals surface area contributed by atoms with Crippen LogP contribution in [-0.2, 0) is 9.59 Å². The molecule has 3 amide bonds. The van der Waals surface area contributed by atoms with E-state index in [-0.39, 0.29) is 24.3 Å². The Kier molecular flexibility index (Phi) is 5.70. The van der Waals surface area contributed by atoms with E-state index in [4.69, 9.17) is 0 Å². The number of hydrogen-bond donors (Lipinski definition) is 2. The Bertz CT molecular complexity index is 595. The average molecular weight is 318 g/mol. The summed E-state index contributed by atoms with van der Waals surface area (Å²) in [6.07, 6.45) is 0. The van der Waals surface area contributed by atoms with E-state index in [2.05, 4.69) is 10.6 Å². The molecule has 2 rings (SSSR count). The zero-order valence-corrected chi connectivity index (χ0v) is 13.5. The molecule has 124 valence electrons. The van der Waals surface area contributed by atoms with Crippen molar-refractivity contribution in [1.29, 1.82) is 0 Å². The summed E-state index contributed by atoms with van der Waals surface area (Å²) >= 11 is 0. The molecule has 0 aliphatic carbocycles. The molecule has 0 bridgehead atoms. The van der Waals surface area contributed by atoms with Gasteiger partial charge in [0.1, 0.15) is 0 Å². The van der Waals surface area contributed by atoms with E-state index in [1.807, 2.05) is 4.90 Å². The van der Waals surface area contributed by atoms with Crippen molar-refractivity contribution in [1.82, 2.24) is 15.1 Å². The minimum Gasteiger partial charge on any atom is -0.355 e. The van der Waals surface area contributed by atoms with Crippen molar-refractivity contribution in [2.45, 2.75) is 6.92 Å². The van der Waals surface area contributed by atoms with Gasteiger partial charge in [-0.25, -0.2) is 0 Å². The van der Waals surface area contributed by atoms with Crippen molar-refractivity contribution in [3.63, 3.8) is 0 Å². The highest BCUT2D eigenvalue weighted by Gasteiger charge is 2.20. The van der Waals surface area contributed by atoms with Crippen LogP contribution in [0.25, 0.3) is 0 Å². The molecule has 0 radical (unpaired) electrons. The molecular weight excluding hydrogens is 296 g/mol. The first kappa shape index (κ1) is 17.0. The lowest BCUT2D eigenvalue weighted by Gasteiger charge is -2.33. The fraction of sp³-hybridized carbons (Fsp3) is 0.438. The van der Waals surface area contributed by atoms with E-state index in [1.54, 1.807) is 43.1 Å². The Hall–Kier alpha value is -2.41. The van der Waals surface area contributed by atoms with Gasteiger partial charge in [-0.15, -0.1) is 0 Å². The molecule has 1 aromatic carbocycles. The molecule has 2 N–H and O–H groups in total. The van der Waals surface area contributed by atoms with E-state index < -0.39 is 0 Å². The maximum absolute atomic E-state index is 12.1. The summed E-state index contributed by atoms with van der Waals surface area (Å²) < 4.78 is 0. The van der Waals surface area contributed by atoms with Crippen molar-refractivity contribution >= 4 is 23.4 Å². The van der Waals surface area contributed by atoms with Crippen LogP contribution in [0.3, 0.4) is 0 Å². The molecular formula is C16H22N4O3. The fourth-order valence-electron chi connectivity index (χ4n) is 2.51. The smallest absolute Gasteiger partial charge is 0.251 e. The van der Waals surface area contributed by atoms with E-state index >= 15 is 0 Å². The zero-order chi connectivity index (χ0) is 16.8. The second-order valence-corrected chi connectivity index (χ2v) is 5.49. The van der Waals surface area contributed by atoms with E-state index in [1.165, 1.54) is 0 Å². The largest absolute Gasteiger partial charge is 0.355 e. The summed E-state index contributed by atoms with van der Waals surface area (Å²) in [6, 6.07) is 6.81. The van der Waals surface area contributed by atoms with Crippen LogP contribution in [-0.4, -0.2) is 67.3 Å². The Morgan fingerprint density at radius 1 is 1.13 bits per heavy atom. The van der Waals surface area contributed by atoms with Crippen LogP contribution in [0, 0.1) is 0 Å². The molecule has 0 unspecified atom stereocenters. The number of nitrogens with one attached hydrogen (secondary N) is 2. The lowest BCUT2D eigenvalue weighted by Crippen LogP contribution is -2.49. The maximum atomic E-state index is 12.1. The number of carbonyl (C=O) groups is 3. The number of anilines is 1. The Balaban J connectivity index is 1.86. The zero-order valence-electron chi connectivity index (χ0n) is 13.5. The van der Waals surface area contributed by atoms with Crippen LogP contribution in [0.5, 0.6) is 0 Å². The number of benzene rings is 1. The van der Waals surface area contributed by atoms with Gasteiger partial charge in [-0.3, -0.25) is 19.3 Å². The first-order chi connectivity index (χ1) is 11.0. The molecule has 1 saturated heterocycles. The van der Waals surface area contributed by atoms with Crippen molar-refractivity contribution in [2.75, 3.05) is 45.1 Å². The molecule has 1 aromatic rings. The fourth-order valence-corrected chi connectivity index (χ4v) is 2.51. The highest BCUT2D eigenvalue weighted by Crippen LogP contribution is 2.11. The van der Waals surface area contributed by atoms with Gasteiger partial charge in [-0.05, 0) is 18.2 Å². The van der Waals surface area contributed by atoms with Crippen molar-refractivity contribution < 1.29 is 14.4 Å². The van der Waals surface area contributed by atoms with Crippen LogP contribution in [0.15, 0.2) is 24.3 Å². The van der Waals surface area contributed by atoms with Gasteiger partial charge in [0.25, 0.3) is 5.91 Å². The second kappa shape index (κ2) is 7.73. The molecule has 1 fully saturated rings. The number of carbonyl (C=O) groups excluding carboxylic acids is 3. The Labute approximate surface area is 135 Å². The number of nitrogens with zero attached hydrogens (tertiary/aromatic N) is 2. The number of hydrogen-bond acceptors (Lipinski definition) is 4. The molecule has 0 atom stereocenters. The molecule has 0 saturated carbocycles. The van der Waals surface area contributed by atoms with Gasteiger partial charge in [0.15, 0.2) is 0 Å². The third-order valence-corrected chi connectivity index (χ3v) is 3.82. The molecule has 1 aliphatic rings. The van der Waals surface area contributed by atoms with Crippen molar-refractivity contribution in [3.05, 3.63) is 29.8 Å². The van der Waals surface area contributed by atoms with E-state index in [9.17, 15) is 14.4 Å². The number of rotatable bonds is 4. The molecule has 0 aromatic heterocycles. The van der Waals surface area contributed by atoms with Gasteiger partial charge in [0.2, 0.25) is 11.8 Å². The third-order valence-electron chi connectivity index (χ3n) is 3.82. The van der Waals surface area contributed by atoms with Gasteiger partial charge in [-0.2, -0.15) is 0 Å². The van der Waals surface area contributed by atoms with Crippen LogP contribution in [0.1, 0.15) is 17.3 Å². The average Bonchev–Trinajstić information content (AvgIpc) is 2.54. The summed E-state index contributed by atoms with van der Waals surface area (Å²) in [4.78, 5) is 38.8. The second-order valence-electron chi connectivity index (χ2n) is 5.49. The van der Waals surface area contributed by atoms with Crippen LogP contribution in [0.2, 0.25) is 0 Å². The van der Waals surface area contributed by atoms with Gasteiger partial charge in [-0.1, -0.05) is 6.07 Å². The first-order valence-corrected chi connectivity index (χ1v) is 7.59. The topological polar surface area (TPSA) is 81.8 Å². The third kappa shape index (κ3) is 4.79. The lowest BCUT2D eigenvalue weighted by atomic mass is 10.2. The van der Waals surface area contributed by atoms with Gasteiger partial charge in [0.05, 0.1) is 6.54 Å². The SMILES string of the molecule is CNC(=O)c1cccc(NC(=O)CN2CCN(C(C)=O)CC2)c1. The summed E-state index contributed by atoms with van der Waals surface area (Å²) in [5.74, 6) is -0.253. The van der Waals surface area contributed by atoms with Crippen LogP contribution < -0.4 is 10.6 Å². The quantitative estimate of drug-likeness (QED) is 0.828. The van der Waals surface area contributed by atoms with Crippen LogP contribution in [0.4, 0.5) is 5.69 Å². The molecule has 1 heterocycles. The number of amides is 3. The summed E-state index contributed by atoms with van der Waals surface area (Å²) in [5, 5.41) is 5.35. The van der Waals surface area contributed by atoms with Gasteiger partial charge < -0.3 is 15.5 Å². The predicted molar refractivity (Wildman–Crippen MR) is 87.2 cm³/mol. The minimum atomic E-state index is -0.193. The standard InChI is InChI=1S/C16H22N4O3/c1-12(21)20-8-6-19(7-9-20)11-15(22)18-14-5-3-4-13(10-14)16(23)17-2/h3-5,10H,6-9,11H2,1-2H3,(H,17,23)(H,18,22). The maximum Gasteiger partial charge on any atom is 0.251 e. The molecule has 0 spiro atoms. The predicted octanol–water partition coefficient (Wildman–Crippen LogP) is 0.149. The molecule has 23 heavy (non-hydrogen) atoms. The highest BCUT2D eigenvalue weighted by molar-refractivity contribution is 5.97. The number of piperazine rings is 1. The first-order valence-electron chi connectivity index (χ1n) is 7.59. The molecule has 7 nitrogen and oxygen atoms in total. The Morgan fingerprint density at radius 2 is 1.83 bits per heavy atom. The van der Waals surface area contributed by atoms with E-state index in [0.29, 0.717) is 37.4 Å². The lowest BCUT2D eigenvalue weighted by molar-refractivity contribution is -0.130. The summed E-state index contributed by atoms with van der Waals surface area (Å²) in [5.41, 5.74) is 1.10. The Morgan fingerprint density at radius 3 is 2.43 bits per heavy atom. The van der Waals surface area contributed by atoms with E-state index in [0.717, 1.165) is 0 Å².